The van der Waals surface area contributed by atoms with Gasteiger partial charge in [-0.25, -0.2) is 0 Å². The maximum absolute atomic E-state index is 12.6. The molecule has 0 bridgehead atoms. The number of aliphatic hydroxyl groups is 6. The lowest BCUT2D eigenvalue weighted by Gasteiger charge is -2.19. The fourth-order valence-corrected chi connectivity index (χ4v) is 6.59. The molecule has 4 unspecified atom stereocenters. The van der Waals surface area contributed by atoms with Crippen LogP contribution in [-0.2, 0) is 0 Å². The Labute approximate surface area is 207 Å². The lowest BCUT2D eigenvalue weighted by molar-refractivity contribution is 0.0275. The number of aliphatic hydroxyl groups excluding tert-OH is 6. The van der Waals surface area contributed by atoms with Crippen LogP contribution in [0.3, 0.4) is 0 Å². The molecular weight excluding hydrogens is 729 g/mol. The zero-order chi connectivity index (χ0) is 22.3. The summed E-state index contributed by atoms with van der Waals surface area (Å²) in [4.78, 5) is 25.2. The Kier molecular flexibility index (Phi) is 12.0. The van der Waals surface area contributed by atoms with Crippen LogP contribution in [0.1, 0.15) is 33.6 Å². The van der Waals surface area contributed by atoms with Crippen LogP contribution in [0.15, 0.2) is 6.07 Å². The topological polar surface area (TPSA) is 180 Å². The van der Waals surface area contributed by atoms with Gasteiger partial charge in [0.1, 0.15) is 12.5 Å². The molecule has 29 heavy (non-hydrogen) atoms. The van der Waals surface area contributed by atoms with E-state index in [2.05, 4.69) is 10.6 Å². The molecule has 2 amide bonds. The number of hydrogen-bond acceptors (Lipinski definition) is 8. The Morgan fingerprint density at radius 2 is 1.14 bits per heavy atom. The standard InChI is InChI=1S/C16H21I3N2O8/c17-8-3-9(18)13(16(29)21-11(27)2-7(25)5-23)14(19)12(8)15(28)20-10(26)1-6(24)4-22/h3,6-7,10-11,22-27H,1-2,4-5H2,(H,20,28)(H,21,29). The van der Waals surface area contributed by atoms with Gasteiger partial charge in [0.15, 0.2) is 0 Å². The molecule has 0 aromatic heterocycles. The van der Waals surface area contributed by atoms with Gasteiger partial charge in [0.25, 0.3) is 11.8 Å². The van der Waals surface area contributed by atoms with Gasteiger partial charge in [-0.05, 0) is 73.8 Å². The summed E-state index contributed by atoms with van der Waals surface area (Å²) in [5.74, 6) is -1.36. The number of carbonyl (C=O) groups excluding carboxylic acids is 2. The van der Waals surface area contributed by atoms with Crippen LogP contribution in [0.25, 0.3) is 0 Å². The van der Waals surface area contributed by atoms with Gasteiger partial charge in [-0.1, -0.05) is 0 Å². The molecule has 1 aromatic rings. The highest BCUT2D eigenvalue weighted by atomic mass is 127. The lowest BCUT2D eigenvalue weighted by atomic mass is 10.1. The largest absolute Gasteiger partial charge is 0.394 e. The minimum absolute atomic E-state index is 0.124. The highest BCUT2D eigenvalue weighted by Gasteiger charge is 2.26. The number of carbonyl (C=O) groups is 2. The van der Waals surface area contributed by atoms with Gasteiger partial charge in [0, 0.05) is 23.6 Å². The zero-order valence-electron chi connectivity index (χ0n) is 14.8. The summed E-state index contributed by atoms with van der Waals surface area (Å²) in [5.41, 5.74) is 0.248. The highest BCUT2D eigenvalue weighted by Crippen LogP contribution is 2.28. The van der Waals surface area contributed by atoms with E-state index in [1.165, 1.54) is 0 Å². The van der Waals surface area contributed by atoms with Gasteiger partial charge < -0.3 is 41.3 Å². The first-order valence-corrected chi connectivity index (χ1v) is 11.5. The number of benzene rings is 1. The number of amides is 2. The van der Waals surface area contributed by atoms with Gasteiger partial charge in [-0.3, -0.25) is 9.59 Å². The van der Waals surface area contributed by atoms with Crippen LogP contribution < -0.4 is 10.6 Å². The molecule has 0 aliphatic carbocycles. The summed E-state index contributed by atoms with van der Waals surface area (Å²) in [5, 5.41) is 60.7. The Balaban J connectivity index is 3.08. The highest BCUT2D eigenvalue weighted by molar-refractivity contribution is 14.1. The SMILES string of the molecule is O=C(NC(O)CC(O)CO)c1c(I)cc(I)c(C(=O)NC(O)CC(O)CO)c1I. The van der Waals surface area contributed by atoms with E-state index in [0.717, 1.165) is 0 Å². The van der Waals surface area contributed by atoms with Crippen LogP contribution in [0.5, 0.6) is 0 Å². The lowest BCUT2D eigenvalue weighted by Crippen LogP contribution is -2.40. The molecule has 0 radical (unpaired) electrons. The van der Waals surface area contributed by atoms with Crippen LogP contribution in [0.2, 0.25) is 0 Å². The monoisotopic (exact) mass is 750 g/mol. The minimum Gasteiger partial charge on any atom is -0.394 e. The van der Waals surface area contributed by atoms with E-state index in [1.54, 1.807) is 6.07 Å². The maximum Gasteiger partial charge on any atom is 0.255 e. The summed E-state index contributed by atoms with van der Waals surface area (Å²) < 4.78 is 1.30. The molecule has 1 aromatic carbocycles. The quantitative estimate of drug-likeness (QED) is 0.112. The summed E-state index contributed by atoms with van der Waals surface area (Å²) >= 11 is 5.63. The zero-order valence-corrected chi connectivity index (χ0v) is 21.3. The average Bonchev–Trinajstić information content (AvgIpc) is 2.60. The van der Waals surface area contributed by atoms with E-state index < -0.39 is 49.7 Å². The molecule has 0 saturated heterocycles. The van der Waals surface area contributed by atoms with Crippen molar-refractivity contribution in [1.82, 2.24) is 10.6 Å². The van der Waals surface area contributed by atoms with Crippen molar-refractivity contribution >= 4 is 79.6 Å². The van der Waals surface area contributed by atoms with Gasteiger partial charge >= 0.3 is 0 Å². The third-order valence-electron chi connectivity index (χ3n) is 3.63. The van der Waals surface area contributed by atoms with Crippen molar-refractivity contribution in [2.45, 2.75) is 37.5 Å². The third-order valence-corrected chi connectivity index (χ3v) is 6.41. The van der Waals surface area contributed by atoms with Crippen molar-refractivity contribution in [2.75, 3.05) is 13.2 Å². The molecule has 0 spiro atoms. The second-order valence-electron chi connectivity index (χ2n) is 6.03. The van der Waals surface area contributed by atoms with Crippen molar-refractivity contribution in [1.29, 1.82) is 0 Å². The normalized spacial score (nSPS) is 15.3. The van der Waals surface area contributed by atoms with E-state index in [-0.39, 0.29) is 27.5 Å². The van der Waals surface area contributed by atoms with Gasteiger partial charge in [0.05, 0.1) is 36.5 Å². The molecule has 13 heteroatoms. The maximum atomic E-state index is 12.6. The molecule has 0 heterocycles. The molecule has 10 nitrogen and oxygen atoms in total. The summed E-state index contributed by atoms with van der Waals surface area (Å²) in [6.45, 7) is -1.13. The van der Waals surface area contributed by atoms with Crippen LogP contribution in [0, 0.1) is 10.7 Å². The molecule has 0 fully saturated rings. The number of hydrogen-bond donors (Lipinski definition) is 8. The summed E-state index contributed by atoms with van der Waals surface area (Å²) in [6.07, 6.45) is -5.75. The Bertz CT molecular complexity index is 680. The Morgan fingerprint density at radius 3 is 1.45 bits per heavy atom. The van der Waals surface area contributed by atoms with E-state index in [4.69, 9.17) is 10.2 Å². The number of nitrogens with one attached hydrogen (secondary N) is 2. The summed E-state index contributed by atoms with van der Waals surface area (Å²) in [6, 6.07) is 1.58. The minimum atomic E-state index is -1.41. The van der Waals surface area contributed by atoms with E-state index in [1.807, 2.05) is 67.8 Å². The van der Waals surface area contributed by atoms with Crippen LogP contribution >= 0.6 is 67.8 Å². The molecule has 8 N–H and O–H groups in total. The number of halogens is 3. The second-order valence-corrected chi connectivity index (χ2v) is 9.43. The molecule has 0 saturated carbocycles. The first-order chi connectivity index (χ1) is 13.5. The van der Waals surface area contributed by atoms with E-state index in [9.17, 15) is 30.0 Å². The van der Waals surface area contributed by atoms with Crippen LogP contribution in [-0.4, -0.2) is 80.3 Å². The summed E-state index contributed by atoms with van der Waals surface area (Å²) in [7, 11) is 0. The molecule has 1 rings (SSSR count). The second kappa shape index (κ2) is 12.8. The molecular formula is C16H21I3N2O8. The average molecular weight is 750 g/mol. The van der Waals surface area contributed by atoms with E-state index >= 15 is 0 Å². The first-order valence-electron chi connectivity index (χ1n) is 8.24. The van der Waals surface area contributed by atoms with Crippen molar-refractivity contribution < 1.29 is 40.2 Å². The van der Waals surface area contributed by atoms with Crippen molar-refractivity contribution in [2.24, 2.45) is 0 Å². The van der Waals surface area contributed by atoms with Crippen molar-refractivity contribution in [3.05, 3.63) is 27.9 Å². The van der Waals surface area contributed by atoms with Crippen LogP contribution in [0.4, 0.5) is 0 Å². The molecule has 164 valence electrons. The fourth-order valence-electron chi connectivity index (χ4n) is 2.24. The Morgan fingerprint density at radius 1 is 0.793 bits per heavy atom. The predicted molar refractivity (Wildman–Crippen MR) is 127 cm³/mol. The molecule has 0 aliphatic heterocycles. The number of rotatable bonds is 10. The van der Waals surface area contributed by atoms with Gasteiger partial charge in [0.2, 0.25) is 0 Å². The van der Waals surface area contributed by atoms with Gasteiger partial charge in [-0.2, -0.15) is 0 Å². The Hall–Kier alpha value is 0.110. The van der Waals surface area contributed by atoms with Crippen molar-refractivity contribution in [3.63, 3.8) is 0 Å². The van der Waals surface area contributed by atoms with Crippen molar-refractivity contribution in [3.8, 4) is 0 Å². The first kappa shape index (κ1) is 27.1. The molecule has 0 aliphatic rings. The predicted octanol–water partition coefficient (Wildman–Crippen LogP) is -0.917. The fraction of sp³-hybridized carbons (Fsp3) is 0.500. The molecule has 4 atom stereocenters. The third kappa shape index (κ3) is 8.28. The smallest absolute Gasteiger partial charge is 0.255 e. The van der Waals surface area contributed by atoms with E-state index in [0.29, 0.717) is 7.14 Å². The van der Waals surface area contributed by atoms with Gasteiger partial charge in [-0.15, -0.1) is 0 Å².